The minimum Gasteiger partial charge on any atom is -0.333 e. The lowest BCUT2D eigenvalue weighted by Crippen LogP contribution is -2.44. The summed E-state index contributed by atoms with van der Waals surface area (Å²) in [5, 5.41) is 5.56. The van der Waals surface area contributed by atoms with E-state index in [4.69, 9.17) is 0 Å². The molecule has 0 aliphatic carbocycles. The number of nitrogens with zero attached hydrogens (tertiary/aromatic N) is 1. The molecule has 1 aliphatic heterocycles. The number of urea groups is 1. The summed E-state index contributed by atoms with van der Waals surface area (Å²) in [5.74, 6) is -0.113. The van der Waals surface area contributed by atoms with Crippen LogP contribution in [0, 0.1) is 0 Å². The summed E-state index contributed by atoms with van der Waals surface area (Å²) in [7, 11) is 0. The van der Waals surface area contributed by atoms with Crippen molar-refractivity contribution in [2.45, 2.75) is 20.4 Å². The van der Waals surface area contributed by atoms with Crippen molar-refractivity contribution in [3.05, 3.63) is 23.8 Å². The summed E-state index contributed by atoms with van der Waals surface area (Å²) >= 11 is 0. The molecule has 5 heteroatoms. The van der Waals surface area contributed by atoms with Gasteiger partial charge in [0, 0.05) is 31.3 Å². The zero-order valence-corrected chi connectivity index (χ0v) is 9.91. The number of anilines is 2. The second-order valence-electron chi connectivity index (χ2n) is 3.89. The van der Waals surface area contributed by atoms with Crippen LogP contribution in [0.3, 0.4) is 0 Å². The molecule has 3 amide bonds. The SMILES string of the molecule is CCN1C(=O)NCc2c(NC(C)=O)cccc21. The van der Waals surface area contributed by atoms with Gasteiger partial charge in [0.1, 0.15) is 0 Å². The Bertz CT molecular complexity index is 471. The third kappa shape index (κ3) is 2.08. The first-order valence-electron chi connectivity index (χ1n) is 5.58. The van der Waals surface area contributed by atoms with E-state index in [9.17, 15) is 9.59 Å². The molecule has 0 radical (unpaired) electrons. The van der Waals surface area contributed by atoms with Crippen molar-refractivity contribution in [3.8, 4) is 0 Å². The lowest BCUT2D eigenvalue weighted by Gasteiger charge is -2.30. The Morgan fingerprint density at radius 2 is 2.29 bits per heavy atom. The number of amides is 3. The molecule has 2 rings (SSSR count). The molecule has 1 aliphatic rings. The first-order chi connectivity index (χ1) is 8.13. The Kier molecular flexibility index (Phi) is 2.99. The smallest absolute Gasteiger partial charge is 0.322 e. The maximum Gasteiger partial charge on any atom is 0.322 e. The molecule has 1 heterocycles. The second kappa shape index (κ2) is 4.45. The van der Waals surface area contributed by atoms with Crippen LogP contribution in [-0.2, 0) is 11.3 Å². The summed E-state index contributed by atoms with van der Waals surface area (Å²) in [5.41, 5.74) is 2.57. The van der Waals surface area contributed by atoms with E-state index in [0.717, 1.165) is 16.9 Å². The minimum atomic E-state index is -0.113. The highest BCUT2D eigenvalue weighted by Gasteiger charge is 2.24. The Labute approximate surface area is 99.8 Å². The largest absolute Gasteiger partial charge is 0.333 e. The van der Waals surface area contributed by atoms with E-state index in [1.807, 2.05) is 25.1 Å². The van der Waals surface area contributed by atoms with Crippen LogP contribution in [-0.4, -0.2) is 18.5 Å². The number of hydrogen-bond donors (Lipinski definition) is 2. The van der Waals surface area contributed by atoms with Gasteiger partial charge in [-0.1, -0.05) is 6.07 Å². The Balaban J connectivity index is 2.44. The Hall–Kier alpha value is -2.04. The number of fused-ring (bicyclic) bond motifs is 1. The molecule has 0 fully saturated rings. The van der Waals surface area contributed by atoms with Crippen LogP contribution < -0.4 is 15.5 Å². The fourth-order valence-corrected chi connectivity index (χ4v) is 2.00. The lowest BCUT2D eigenvalue weighted by molar-refractivity contribution is -0.114. The fourth-order valence-electron chi connectivity index (χ4n) is 2.00. The van der Waals surface area contributed by atoms with Crippen LogP contribution >= 0.6 is 0 Å². The normalized spacial score (nSPS) is 14.0. The minimum absolute atomic E-state index is 0.0972. The zero-order chi connectivity index (χ0) is 12.4. The molecular weight excluding hydrogens is 218 g/mol. The lowest BCUT2D eigenvalue weighted by atomic mass is 10.1. The van der Waals surface area contributed by atoms with Crippen molar-refractivity contribution in [2.24, 2.45) is 0 Å². The van der Waals surface area contributed by atoms with Gasteiger partial charge in [-0.05, 0) is 19.1 Å². The predicted molar refractivity (Wildman–Crippen MR) is 66.0 cm³/mol. The van der Waals surface area contributed by atoms with E-state index in [1.54, 1.807) is 4.90 Å². The summed E-state index contributed by atoms with van der Waals surface area (Å²) in [6, 6.07) is 5.47. The van der Waals surface area contributed by atoms with Gasteiger partial charge in [-0.3, -0.25) is 9.69 Å². The third-order valence-corrected chi connectivity index (χ3v) is 2.73. The van der Waals surface area contributed by atoms with Crippen molar-refractivity contribution in [1.29, 1.82) is 0 Å². The summed E-state index contributed by atoms with van der Waals surface area (Å²) in [6.07, 6.45) is 0. The number of hydrogen-bond acceptors (Lipinski definition) is 2. The topological polar surface area (TPSA) is 61.4 Å². The van der Waals surface area contributed by atoms with Crippen LogP contribution in [0.4, 0.5) is 16.2 Å². The molecule has 0 saturated carbocycles. The number of rotatable bonds is 2. The van der Waals surface area contributed by atoms with Crippen molar-refractivity contribution >= 4 is 23.3 Å². The molecule has 0 bridgehead atoms. The summed E-state index contributed by atoms with van der Waals surface area (Å²) in [6.45, 7) is 4.43. The van der Waals surface area contributed by atoms with Crippen LogP contribution in [0.15, 0.2) is 18.2 Å². The molecular formula is C12H15N3O2. The maximum absolute atomic E-state index is 11.6. The average molecular weight is 233 g/mol. The predicted octanol–water partition coefficient (Wildman–Crippen LogP) is 1.69. The molecule has 90 valence electrons. The molecule has 1 aromatic rings. The van der Waals surface area contributed by atoms with Crippen molar-refractivity contribution in [2.75, 3.05) is 16.8 Å². The van der Waals surface area contributed by atoms with E-state index in [0.29, 0.717) is 13.1 Å². The highest BCUT2D eigenvalue weighted by Crippen LogP contribution is 2.30. The van der Waals surface area contributed by atoms with Gasteiger partial charge in [0.25, 0.3) is 0 Å². The number of carbonyl (C=O) groups is 2. The monoisotopic (exact) mass is 233 g/mol. The van der Waals surface area contributed by atoms with Crippen LogP contribution in [0.25, 0.3) is 0 Å². The first kappa shape index (κ1) is 11.4. The third-order valence-electron chi connectivity index (χ3n) is 2.73. The number of benzene rings is 1. The molecule has 1 aromatic carbocycles. The van der Waals surface area contributed by atoms with E-state index in [1.165, 1.54) is 6.92 Å². The summed E-state index contributed by atoms with van der Waals surface area (Å²) < 4.78 is 0. The van der Waals surface area contributed by atoms with Crippen LogP contribution in [0.5, 0.6) is 0 Å². The highest BCUT2D eigenvalue weighted by atomic mass is 16.2. The number of nitrogens with one attached hydrogen (secondary N) is 2. The van der Waals surface area contributed by atoms with E-state index < -0.39 is 0 Å². The molecule has 17 heavy (non-hydrogen) atoms. The van der Waals surface area contributed by atoms with Crippen molar-refractivity contribution in [3.63, 3.8) is 0 Å². The molecule has 0 atom stereocenters. The molecule has 0 spiro atoms. The van der Waals surface area contributed by atoms with Gasteiger partial charge >= 0.3 is 6.03 Å². The maximum atomic E-state index is 11.6. The number of carbonyl (C=O) groups excluding carboxylic acids is 2. The second-order valence-corrected chi connectivity index (χ2v) is 3.89. The Morgan fingerprint density at radius 3 is 2.94 bits per heavy atom. The zero-order valence-electron chi connectivity index (χ0n) is 9.91. The van der Waals surface area contributed by atoms with Gasteiger partial charge < -0.3 is 10.6 Å². The summed E-state index contributed by atoms with van der Waals surface area (Å²) in [4.78, 5) is 24.4. The van der Waals surface area contributed by atoms with Gasteiger partial charge in [0.2, 0.25) is 5.91 Å². The van der Waals surface area contributed by atoms with E-state index >= 15 is 0 Å². The van der Waals surface area contributed by atoms with Crippen LogP contribution in [0.2, 0.25) is 0 Å². The standard InChI is InChI=1S/C12H15N3O2/c1-3-15-11-6-4-5-10(14-8(2)16)9(11)7-13-12(15)17/h4-6H,3,7H2,1-2H3,(H,13,17)(H,14,16). The van der Waals surface area contributed by atoms with Gasteiger partial charge in [-0.15, -0.1) is 0 Å². The van der Waals surface area contributed by atoms with Gasteiger partial charge in [-0.2, -0.15) is 0 Å². The van der Waals surface area contributed by atoms with Crippen molar-refractivity contribution in [1.82, 2.24) is 5.32 Å². The highest BCUT2D eigenvalue weighted by molar-refractivity contribution is 5.98. The molecule has 0 saturated heterocycles. The quantitative estimate of drug-likeness (QED) is 0.816. The van der Waals surface area contributed by atoms with Crippen LogP contribution in [0.1, 0.15) is 19.4 Å². The fraction of sp³-hybridized carbons (Fsp3) is 0.333. The van der Waals surface area contributed by atoms with Gasteiger partial charge in [-0.25, -0.2) is 4.79 Å². The van der Waals surface area contributed by atoms with Gasteiger partial charge in [0.15, 0.2) is 0 Å². The Morgan fingerprint density at radius 1 is 1.53 bits per heavy atom. The average Bonchev–Trinajstić information content (AvgIpc) is 2.28. The molecule has 0 unspecified atom stereocenters. The molecule has 5 nitrogen and oxygen atoms in total. The first-order valence-corrected chi connectivity index (χ1v) is 5.58. The van der Waals surface area contributed by atoms with E-state index in [-0.39, 0.29) is 11.9 Å². The van der Waals surface area contributed by atoms with Gasteiger partial charge in [0.05, 0.1) is 5.69 Å². The molecule has 2 N–H and O–H groups in total. The van der Waals surface area contributed by atoms with Crippen molar-refractivity contribution < 1.29 is 9.59 Å². The van der Waals surface area contributed by atoms with E-state index in [2.05, 4.69) is 10.6 Å². The molecule has 0 aromatic heterocycles.